The van der Waals surface area contributed by atoms with E-state index < -0.39 is 0 Å². The first-order chi connectivity index (χ1) is 12.7. The Morgan fingerprint density at radius 2 is 1.81 bits per heavy atom. The summed E-state index contributed by atoms with van der Waals surface area (Å²) < 4.78 is 2.11. The van der Waals surface area contributed by atoms with Crippen LogP contribution in [0.4, 0.5) is 5.69 Å². The number of rotatable bonds is 4. The number of fused-ring (bicyclic) bond motifs is 1. The molecule has 4 aromatic rings. The Morgan fingerprint density at radius 1 is 1.00 bits per heavy atom. The summed E-state index contributed by atoms with van der Waals surface area (Å²) in [6, 6.07) is 23.5. The summed E-state index contributed by atoms with van der Waals surface area (Å²) in [5, 5.41) is 2.93. The third-order valence-corrected chi connectivity index (χ3v) is 4.37. The smallest absolute Gasteiger partial charge is 0.255 e. The van der Waals surface area contributed by atoms with Crippen LogP contribution in [-0.2, 0) is 6.54 Å². The van der Waals surface area contributed by atoms with Gasteiger partial charge in [-0.2, -0.15) is 0 Å². The van der Waals surface area contributed by atoms with E-state index in [2.05, 4.69) is 20.9 Å². The van der Waals surface area contributed by atoms with Gasteiger partial charge in [0.25, 0.3) is 5.91 Å². The second-order valence-corrected chi connectivity index (χ2v) is 6.38. The first kappa shape index (κ1) is 16.1. The standard InChI is InChI=1S/C22H19N3O/c1-16-5-4-6-19(13-16)24-22(26)18-11-9-17(10-12-18)14-25-15-23-20-7-2-3-8-21(20)25/h2-13,15H,14H2,1H3,(H,24,26). The molecule has 1 aromatic heterocycles. The summed E-state index contributed by atoms with van der Waals surface area (Å²) in [7, 11) is 0. The minimum absolute atomic E-state index is 0.102. The Morgan fingerprint density at radius 3 is 2.62 bits per heavy atom. The van der Waals surface area contributed by atoms with Crippen LogP contribution in [0, 0.1) is 6.92 Å². The largest absolute Gasteiger partial charge is 0.326 e. The number of para-hydroxylation sites is 2. The van der Waals surface area contributed by atoms with Crippen LogP contribution in [0.5, 0.6) is 0 Å². The molecular formula is C22H19N3O. The molecule has 0 unspecified atom stereocenters. The fraction of sp³-hybridized carbons (Fsp3) is 0.0909. The van der Waals surface area contributed by atoms with Crippen LogP contribution in [0.25, 0.3) is 11.0 Å². The molecule has 1 heterocycles. The zero-order valence-corrected chi connectivity index (χ0v) is 14.5. The predicted octanol–water partition coefficient (Wildman–Crippen LogP) is 4.65. The number of benzene rings is 3. The van der Waals surface area contributed by atoms with Crippen molar-refractivity contribution in [2.45, 2.75) is 13.5 Å². The number of nitrogens with one attached hydrogen (secondary N) is 1. The molecule has 26 heavy (non-hydrogen) atoms. The molecule has 0 aliphatic rings. The van der Waals surface area contributed by atoms with E-state index in [9.17, 15) is 4.79 Å². The summed E-state index contributed by atoms with van der Waals surface area (Å²) in [5.41, 5.74) is 5.79. The highest BCUT2D eigenvalue weighted by atomic mass is 16.1. The van der Waals surface area contributed by atoms with Gasteiger partial charge < -0.3 is 9.88 Å². The molecule has 0 bridgehead atoms. The van der Waals surface area contributed by atoms with Crippen molar-refractivity contribution in [1.29, 1.82) is 0 Å². The van der Waals surface area contributed by atoms with Crippen molar-refractivity contribution in [2.75, 3.05) is 5.32 Å². The fourth-order valence-electron chi connectivity index (χ4n) is 3.02. The van der Waals surface area contributed by atoms with Crippen LogP contribution < -0.4 is 5.32 Å². The Labute approximate surface area is 152 Å². The number of hydrogen-bond donors (Lipinski definition) is 1. The van der Waals surface area contributed by atoms with E-state index in [-0.39, 0.29) is 5.91 Å². The first-order valence-electron chi connectivity index (χ1n) is 8.56. The average Bonchev–Trinajstić information content (AvgIpc) is 3.05. The molecule has 0 spiro atoms. The highest BCUT2D eigenvalue weighted by molar-refractivity contribution is 6.04. The molecule has 0 saturated carbocycles. The van der Waals surface area contributed by atoms with Gasteiger partial charge in [-0.15, -0.1) is 0 Å². The van der Waals surface area contributed by atoms with E-state index in [0.29, 0.717) is 5.56 Å². The highest BCUT2D eigenvalue weighted by Crippen LogP contribution is 2.16. The Bertz CT molecular complexity index is 1060. The SMILES string of the molecule is Cc1cccc(NC(=O)c2ccc(Cn3cnc4ccccc43)cc2)c1. The molecule has 0 fully saturated rings. The monoisotopic (exact) mass is 341 g/mol. The number of carbonyl (C=O) groups excluding carboxylic acids is 1. The molecule has 1 N–H and O–H groups in total. The first-order valence-corrected chi connectivity index (χ1v) is 8.56. The number of imidazole rings is 1. The molecule has 0 radical (unpaired) electrons. The van der Waals surface area contributed by atoms with Crippen molar-refractivity contribution in [3.05, 3.63) is 95.8 Å². The average molecular weight is 341 g/mol. The van der Waals surface area contributed by atoms with Crippen molar-refractivity contribution >= 4 is 22.6 Å². The van der Waals surface area contributed by atoms with Crippen LogP contribution in [0.2, 0.25) is 0 Å². The van der Waals surface area contributed by atoms with Gasteiger partial charge in [-0.1, -0.05) is 36.4 Å². The lowest BCUT2D eigenvalue weighted by atomic mass is 10.1. The van der Waals surface area contributed by atoms with E-state index >= 15 is 0 Å². The van der Waals surface area contributed by atoms with E-state index in [4.69, 9.17) is 0 Å². The van der Waals surface area contributed by atoms with Gasteiger partial charge >= 0.3 is 0 Å². The molecule has 4 rings (SSSR count). The van der Waals surface area contributed by atoms with Crippen molar-refractivity contribution in [3.63, 3.8) is 0 Å². The zero-order chi connectivity index (χ0) is 17.9. The number of nitrogens with zero attached hydrogens (tertiary/aromatic N) is 2. The predicted molar refractivity (Wildman–Crippen MR) is 104 cm³/mol. The van der Waals surface area contributed by atoms with Crippen LogP contribution in [0.1, 0.15) is 21.5 Å². The molecule has 0 aliphatic carbocycles. The van der Waals surface area contributed by atoms with Crippen molar-refractivity contribution in [2.24, 2.45) is 0 Å². The summed E-state index contributed by atoms with van der Waals surface area (Å²) in [4.78, 5) is 16.8. The van der Waals surface area contributed by atoms with E-state index in [0.717, 1.165) is 34.4 Å². The molecule has 0 aliphatic heterocycles. The summed E-state index contributed by atoms with van der Waals surface area (Å²) >= 11 is 0. The maximum Gasteiger partial charge on any atom is 0.255 e. The number of aromatic nitrogens is 2. The van der Waals surface area contributed by atoms with Gasteiger partial charge in [-0.25, -0.2) is 4.98 Å². The highest BCUT2D eigenvalue weighted by Gasteiger charge is 2.07. The molecular weight excluding hydrogens is 322 g/mol. The summed E-state index contributed by atoms with van der Waals surface area (Å²) in [6.45, 7) is 2.73. The van der Waals surface area contributed by atoms with Crippen LogP contribution in [0.3, 0.4) is 0 Å². The van der Waals surface area contributed by atoms with Gasteiger partial charge in [0.2, 0.25) is 0 Å². The molecule has 0 saturated heterocycles. The lowest BCUT2D eigenvalue weighted by Crippen LogP contribution is -2.12. The topological polar surface area (TPSA) is 46.9 Å². The third-order valence-electron chi connectivity index (χ3n) is 4.37. The van der Waals surface area contributed by atoms with E-state index in [1.807, 2.05) is 80.0 Å². The Hall–Kier alpha value is -3.40. The number of anilines is 1. The zero-order valence-electron chi connectivity index (χ0n) is 14.5. The molecule has 4 heteroatoms. The number of carbonyl (C=O) groups is 1. The number of aryl methyl sites for hydroxylation is 1. The van der Waals surface area contributed by atoms with E-state index in [1.54, 1.807) is 0 Å². The van der Waals surface area contributed by atoms with Crippen molar-refractivity contribution in [1.82, 2.24) is 9.55 Å². The minimum atomic E-state index is -0.102. The van der Waals surface area contributed by atoms with Gasteiger partial charge in [0.1, 0.15) is 0 Å². The second-order valence-electron chi connectivity index (χ2n) is 6.38. The van der Waals surface area contributed by atoms with Gasteiger partial charge in [0, 0.05) is 17.8 Å². The third kappa shape index (κ3) is 3.35. The summed E-state index contributed by atoms with van der Waals surface area (Å²) in [5.74, 6) is -0.102. The van der Waals surface area contributed by atoms with Gasteiger partial charge in [0.15, 0.2) is 0 Å². The van der Waals surface area contributed by atoms with Gasteiger partial charge in [0.05, 0.1) is 17.4 Å². The Kier molecular flexibility index (Phi) is 4.23. The molecule has 0 atom stereocenters. The second kappa shape index (κ2) is 6.84. The maximum atomic E-state index is 12.4. The quantitative estimate of drug-likeness (QED) is 0.587. The lowest BCUT2D eigenvalue weighted by Gasteiger charge is -2.08. The van der Waals surface area contributed by atoms with Crippen molar-refractivity contribution < 1.29 is 4.79 Å². The van der Waals surface area contributed by atoms with E-state index in [1.165, 1.54) is 0 Å². The van der Waals surface area contributed by atoms with Crippen LogP contribution in [-0.4, -0.2) is 15.5 Å². The molecule has 4 nitrogen and oxygen atoms in total. The molecule has 128 valence electrons. The van der Waals surface area contributed by atoms with Crippen LogP contribution >= 0.6 is 0 Å². The minimum Gasteiger partial charge on any atom is -0.326 e. The van der Waals surface area contributed by atoms with Gasteiger partial charge in [-0.05, 0) is 54.4 Å². The normalized spacial score (nSPS) is 10.8. The van der Waals surface area contributed by atoms with Crippen molar-refractivity contribution in [3.8, 4) is 0 Å². The summed E-state index contributed by atoms with van der Waals surface area (Å²) in [6.07, 6.45) is 1.85. The molecule has 3 aromatic carbocycles. The molecule has 1 amide bonds. The number of amides is 1. The Balaban J connectivity index is 1.49. The fourth-order valence-corrected chi connectivity index (χ4v) is 3.02. The maximum absolute atomic E-state index is 12.4. The lowest BCUT2D eigenvalue weighted by molar-refractivity contribution is 0.102. The van der Waals surface area contributed by atoms with Crippen LogP contribution in [0.15, 0.2) is 79.1 Å². The number of hydrogen-bond acceptors (Lipinski definition) is 2. The van der Waals surface area contributed by atoms with Gasteiger partial charge in [-0.3, -0.25) is 4.79 Å².